The first-order chi connectivity index (χ1) is 10.0. The number of nitrogens with one attached hydrogen (secondary N) is 1. The number of urea groups is 1. The summed E-state index contributed by atoms with van der Waals surface area (Å²) in [5.74, 6) is -1.01. The molecule has 1 atom stereocenters. The standard InChI is InChI=1S/C14H21N3O3S/c1-3-9(2)17(8-12(18)19)14(20)16-13-15-10-6-4-5-7-11(10)21-13/h9H,3-8H2,1-2H3,(H,18,19)(H,15,16,20). The van der Waals surface area contributed by atoms with Crippen LogP contribution in [0.1, 0.15) is 43.7 Å². The average molecular weight is 311 g/mol. The van der Waals surface area contributed by atoms with Gasteiger partial charge in [0, 0.05) is 10.9 Å². The van der Waals surface area contributed by atoms with E-state index < -0.39 is 12.0 Å². The lowest BCUT2D eigenvalue weighted by molar-refractivity contribution is -0.138. The number of carbonyl (C=O) groups is 2. The molecule has 0 saturated carbocycles. The van der Waals surface area contributed by atoms with Crippen molar-refractivity contribution >= 4 is 28.5 Å². The third-order valence-corrected chi connectivity index (χ3v) is 4.82. The second-order valence-corrected chi connectivity index (χ2v) is 6.39. The summed E-state index contributed by atoms with van der Waals surface area (Å²) in [6.07, 6.45) is 5.00. The van der Waals surface area contributed by atoms with Crippen molar-refractivity contribution in [3.8, 4) is 0 Å². The molecule has 2 rings (SSSR count). The van der Waals surface area contributed by atoms with Gasteiger partial charge >= 0.3 is 12.0 Å². The normalized spacial score (nSPS) is 15.1. The zero-order chi connectivity index (χ0) is 15.4. The molecule has 0 aliphatic heterocycles. The molecule has 2 amide bonds. The number of aryl methyl sites for hydroxylation is 2. The number of carbonyl (C=O) groups excluding carboxylic acids is 1. The fraction of sp³-hybridized carbons (Fsp3) is 0.643. The molecule has 0 fully saturated rings. The van der Waals surface area contributed by atoms with E-state index in [9.17, 15) is 9.59 Å². The number of fused-ring (bicyclic) bond motifs is 1. The summed E-state index contributed by atoms with van der Waals surface area (Å²) in [6.45, 7) is 3.47. The van der Waals surface area contributed by atoms with Gasteiger partial charge in [-0.25, -0.2) is 9.78 Å². The van der Waals surface area contributed by atoms with Crippen molar-refractivity contribution in [3.05, 3.63) is 10.6 Å². The zero-order valence-corrected chi connectivity index (χ0v) is 13.2. The molecular weight excluding hydrogens is 290 g/mol. The van der Waals surface area contributed by atoms with Crippen LogP contribution in [0.2, 0.25) is 0 Å². The maximum absolute atomic E-state index is 12.3. The topological polar surface area (TPSA) is 82.5 Å². The quantitative estimate of drug-likeness (QED) is 0.876. The van der Waals surface area contributed by atoms with Crippen LogP contribution >= 0.6 is 11.3 Å². The van der Waals surface area contributed by atoms with Gasteiger partial charge in [0.05, 0.1) is 5.69 Å². The van der Waals surface area contributed by atoms with Gasteiger partial charge < -0.3 is 10.0 Å². The van der Waals surface area contributed by atoms with Gasteiger partial charge in [0.1, 0.15) is 6.54 Å². The minimum atomic E-state index is -1.01. The monoisotopic (exact) mass is 311 g/mol. The number of thiazole rings is 1. The van der Waals surface area contributed by atoms with Crippen LogP contribution in [0.25, 0.3) is 0 Å². The molecule has 2 N–H and O–H groups in total. The van der Waals surface area contributed by atoms with E-state index in [0.29, 0.717) is 11.6 Å². The Labute approximate surface area is 128 Å². The summed E-state index contributed by atoms with van der Waals surface area (Å²) < 4.78 is 0. The number of anilines is 1. The number of nitrogens with zero attached hydrogens (tertiary/aromatic N) is 2. The largest absolute Gasteiger partial charge is 0.480 e. The molecule has 1 aliphatic rings. The number of carboxylic acids is 1. The number of amides is 2. The van der Waals surface area contributed by atoms with Crippen molar-refractivity contribution < 1.29 is 14.7 Å². The van der Waals surface area contributed by atoms with Crippen LogP contribution in [-0.4, -0.2) is 39.6 Å². The molecule has 1 unspecified atom stereocenters. The Morgan fingerprint density at radius 3 is 2.76 bits per heavy atom. The van der Waals surface area contributed by atoms with Crippen LogP contribution in [0.15, 0.2) is 0 Å². The molecule has 6 nitrogen and oxygen atoms in total. The zero-order valence-electron chi connectivity index (χ0n) is 12.4. The maximum atomic E-state index is 12.3. The summed E-state index contributed by atoms with van der Waals surface area (Å²) in [5, 5.41) is 12.3. The molecule has 1 aromatic heterocycles. The van der Waals surface area contributed by atoms with Gasteiger partial charge in [-0.15, -0.1) is 11.3 Å². The third-order valence-electron chi connectivity index (χ3n) is 3.75. The SMILES string of the molecule is CCC(C)N(CC(=O)O)C(=O)Nc1nc2c(s1)CCCC2. The van der Waals surface area contributed by atoms with Gasteiger partial charge in [0.2, 0.25) is 0 Å². The highest BCUT2D eigenvalue weighted by Crippen LogP contribution is 2.29. The van der Waals surface area contributed by atoms with Gasteiger partial charge in [-0.3, -0.25) is 10.1 Å². The van der Waals surface area contributed by atoms with Gasteiger partial charge in [0.25, 0.3) is 0 Å². The fourth-order valence-electron chi connectivity index (χ4n) is 2.36. The third kappa shape index (κ3) is 3.93. The molecule has 116 valence electrons. The summed E-state index contributed by atoms with van der Waals surface area (Å²) in [5.41, 5.74) is 1.08. The van der Waals surface area contributed by atoms with Crippen molar-refractivity contribution in [2.75, 3.05) is 11.9 Å². The highest BCUT2D eigenvalue weighted by atomic mass is 32.1. The Bertz CT molecular complexity index is 506. The van der Waals surface area contributed by atoms with E-state index in [1.807, 2.05) is 13.8 Å². The molecular formula is C14H21N3O3S. The molecule has 7 heteroatoms. The molecule has 0 spiro atoms. The summed E-state index contributed by atoms with van der Waals surface area (Å²) >= 11 is 1.50. The number of hydrogen-bond donors (Lipinski definition) is 2. The van der Waals surface area contributed by atoms with Crippen molar-refractivity contribution in [2.24, 2.45) is 0 Å². The summed E-state index contributed by atoms with van der Waals surface area (Å²) in [7, 11) is 0. The molecule has 0 saturated heterocycles. The number of aliphatic carboxylic acids is 1. The van der Waals surface area contributed by atoms with Gasteiger partial charge in [-0.2, -0.15) is 0 Å². The molecule has 0 aromatic carbocycles. The van der Waals surface area contributed by atoms with Crippen molar-refractivity contribution in [1.82, 2.24) is 9.88 Å². The van der Waals surface area contributed by atoms with Crippen LogP contribution in [-0.2, 0) is 17.6 Å². The van der Waals surface area contributed by atoms with Crippen LogP contribution in [0.4, 0.5) is 9.93 Å². The van der Waals surface area contributed by atoms with E-state index in [2.05, 4.69) is 10.3 Å². The summed E-state index contributed by atoms with van der Waals surface area (Å²) in [6, 6.07) is -0.520. The van der Waals surface area contributed by atoms with E-state index in [-0.39, 0.29) is 12.6 Å². The lowest BCUT2D eigenvalue weighted by Gasteiger charge is -2.26. The lowest BCUT2D eigenvalue weighted by atomic mass is 10.0. The van der Waals surface area contributed by atoms with Crippen LogP contribution in [0, 0.1) is 0 Å². The van der Waals surface area contributed by atoms with E-state index in [1.54, 1.807) is 0 Å². The predicted molar refractivity (Wildman–Crippen MR) is 81.9 cm³/mol. The second kappa shape index (κ2) is 6.89. The van der Waals surface area contributed by atoms with Gasteiger partial charge in [-0.1, -0.05) is 6.92 Å². The Hall–Kier alpha value is -1.63. The van der Waals surface area contributed by atoms with Crippen LogP contribution in [0.5, 0.6) is 0 Å². The van der Waals surface area contributed by atoms with Crippen molar-refractivity contribution in [3.63, 3.8) is 0 Å². The minimum absolute atomic E-state index is 0.129. The Morgan fingerprint density at radius 1 is 1.43 bits per heavy atom. The molecule has 1 heterocycles. The highest BCUT2D eigenvalue weighted by molar-refractivity contribution is 7.15. The predicted octanol–water partition coefficient (Wildman–Crippen LogP) is 2.74. The first kappa shape index (κ1) is 15.8. The lowest BCUT2D eigenvalue weighted by Crippen LogP contribution is -2.44. The molecule has 1 aromatic rings. The van der Waals surface area contributed by atoms with Crippen molar-refractivity contribution in [1.29, 1.82) is 0 Å². The number of aromatic nitrogens is 1. The Morgan fingerprint density at radius 2 is 2.14 bits per heavy atom. The van der Waals surface area contributed by atoms with Crippen LogP contribution in [0.3, 0.4) is 0 Å². The first-order valence-corrected chi connectivity index (χ1v) is 8.11. The minimum Gasteiger partial charge on any atom is -0.480 e. The maximum Gasteiger partial charge on any atom is 0.324 e. The number of carboxylic acid groups (broad SMARTS) is 1. The smallest absolute Gasteiger partial charge is 0.324 e. The molecule has 0 radical (unpaired) electrons. The fourth-order valence-corrected chi connectivity index (χ4v) is 3.40. The highest BCUT2D eigenvalue weighted by Gasteiger charge is 2.23. The number of rotatable bonds is 5. The Balaban J connectivity index is 2.07. The molecule has 1 aliphatic carbocycles. The molecule has 21 heavy (non-hydrogen) atoms. The Kier molecular flexibility index (Phi) is 5.17. The van der Waals surface area contributed by atoms with Crippen LogP contribution < -0.4 is 5.32 Å². The van der Waals surface area contributed by atoms with Gasteiger partial charge in [0.15, 0.2) is 5.13 Å². The van der Waals surface area contributed by atoms with E-state index in [1.165, 1.54) is 27.5 Å². The van der Waals surface area contributed by atoms with Gasteiger partial charge in [-0.05, 0) is 39.0 Å². The second-order valence-electron chi connectivity index (χ2n) is 5.31. The van der Waals surface area contributed by atoms with E-state index in [0.717, 1.165) is 25.0 Å². The average Bonchev–Trinajstić information content (AvgIpc) is 2.85. The number of hydrogen-bond acceptors (Lipinski definition) is 4. The van der Waals surface area contributed by atoms with E-state index >= 15 is 0 Å². The van der Waals surface area contributed by atoms with Crippen molar-refractivity contribution in [2.45, 2.75) is 52.0 Å². The summed E-state index contributed by atoms with van der Waals surface area (Å²) in [4.78, 5) is 30.2. The first-order valence-electron chi connectivity index (χ1n) is 7.29. The molecule has 0 bridgehead atoms. The van der Waals surface area contributed by atoms with E-state index in [4.69, 9.17) is 5.11 Å².